The predicted octanol–water partition coefficient (Wildman–Crippen LogP) is 3.19. The zero-order chi connectivity index (χ0) is 17.0. The van der Waals surface area contributed by atoms with Gasteiger partial charge < -0.3 is 4.74 Å². The van der Waals surface area contributed by atoms with Crippen LogP contribution in [0.5, 0.6) is 5.75 Å². The number of carbonyl (C=O) groups is 1. The fourth-order valence-corrected chi connectivity index (χ4v) is 2.65. The SMILES string of the molecule is CS(=O)(=O)NC(=O)C(Oc1cccc(Cl)c1Cl)c1ccccc1. The van der Waals surface area contributed by atoms with Crippen molar-refractivity contribution in [2.45, 2.75) is 6.10 Å². The lowest BCUT2D eigenvalue weighted by atomic mass is 10.1. The maximum atomic E-state index is 12.3. The smallest absolute Gasteiger partial charge is 0.279 e. The summed E-state index contributed by atoms with van der Waals surface area (Å²) < 4.78 is 30.2. The van der Waals surface area contributed by atoms with Crippen LogP contribution in [0.4, 0.5) is 0 Å². The van der Waals surface area contributed by atoms with Crippen LogP contribution in [0.3, 0.4) is 0 Å². The predicted molar refractivity (Wildman–Crippen MR) is 89.3 cm³/mol. The Balaban J connectivity index is 2.38. The lowest BCUT2D eigenvalue weighted by Gasteiger charge is -2.19. The monoisotopic (exact) mass is 373 g/mol. The fourth-order valence-electron chi connectivity index (χ4n) is 1.84. The molecule has 1 unspecified atom stereocenters. The summed E-state index contributed by atoms with van der Waals surface area (Å²) in [7, 11) is -3.73. The summed E-state index contributed by atoms with van der Waals surface area (Å²) in [4.78, 5) is 12.3. The van der Waals surface area contributed by atoms with Crippen molar-refractivity contribution in [2.75, 3.05) is 6.26 Å². The van der Waals surface area contributed by atoms with E-state index < -0.39 is 22.0 Å². The molecular formula is C15H13Cl2NO4S. The molecule has 122 valence electrons. The Labute approximate surface area is 144 Å². The van der Waals surface area contributed by atoms with Gasteiger partial charge in [-0.05, 0) is 12.1 Å². The molecular weight excluding hydrogens is 361 g/mol. The van der Waals surface area contributed by atoms with Gasteiger partial charge >= 0.3 is 0 Å². The first-order valence-corrected chi connectivity index (χ1v) is 9.10. The van der Waals surface area contributed by atoms with Gasteiger partial charge in [-0.2, -0.15) is 0 Å². The van der Waals surface area contributed by atoms with Crippen molar-refractivity contribution in [3.8, 4) is 5.75 Å². The summed E-state index contributed by atoms with van der Waals surface area (Å²) >= 11 is 12.0. The summed E-state index contributed by atoms with van der Waals surface area (Å²) in [5, 5.41) is 0.404. The molecule has 1 amide bonds. The molecule has 0 aliphatic heterocycles. The van der Waals surface area contributed by atoms with Crippen molar-refractivity contribution in [3.63, 3.8) is 0 Å². The van der Waals surface area contributed by atoms with Gasteiger partial charge in [-0.15, -0.1) is 0 Å². The van der Waals surface area contributed by atoms with Crippen LogP contribution in [0.1, 0.15) is 11.7 Å². The van der Waals surface area contributed by atoms with Gasteiger partial charge in [-0.25, -0.2) is 13.1 Å². The van der Waals surface area contributed by atoms with Gasteiger partial charge in [0.15, 0.2) is 0 Å². The number of benzene rings is 2. The molecule has 0 aliphatic rings. The maximum Gasteiger partial charge on any atom is 0.279 e. The van der Waals surface area contributed by atoms with Crippen LogP contribution in [0.25, 0.3) is 0 Å². The Morgan fingerprint density at radius 2 is 1.74 bits per heavy atom. The molecule has 23 heavy (non-hydrogen) atoms. The van der Waals surface area contributed by atoms with Gasteiger partial charge in [0.1, 0.15) is 10.8 Å². The molecule has 2 aromatic rings. The van der Waals surface area contributed by atoms with Crippen LogP contribution in [0.15, 0.2) is 48.5 Å². The van der Waals surface area contributed by atoms with Crippen LogP contribution in [0.2, 0.25) is 10.0 Å². The fraction of sp³-hybridized carbons (Fsp3) is 0.133. The molecule has 1 N–H and O–H groups in total. The van der Waals surface area contributed by atoms with Crippen molar-refractivity contribution >= 4 is 39.1 Å². The maximum absolute atomic E-state index is 12.3. The Morgan fingerprint density at radius 3 is 2.35 bits per heavy atom. The second kappa shape index (κ2) is 7.21. The first-order valence-electron chi connectivity index (χ1n) is 6.45. The van der Waals surface area contributed by atoms with Crippen molar-refractivity contribution in [1.29, 1.82) is 0 Å². The Hall–Kier alpha value is -1.76. The van der Waals surface area contributed by atoms with Gasteiger partial charge in [-0.3, -0.25) is 4.79 Å². The third-order valence-corrected chi connectivity index (χ3v) is 4.16. The largest absolute Gasteiger partial charge is 0.474 e. The first kappa shape index (κ1) is 17.6. The highest BCUT2D eigenvalue weighted by atomic mass is 35.5. The second-order valence-electron chi connectivity index (χ2n) is 4.70. The Bertz CT molecular complexity index is 809. The Morgan fingerprint density at radius 1 is 1.09 bits per heavy atom. The molecule has 0 spiro atoms. The highest BCUT2D eigenvalue weighted by Gasteiger charge is 2.26. The average Bonchev–Trinajstić information content (AvgIpc) is 2.48. The van der Waals surface area contributed by atoms with E-state index in [2.05, 4.69) is 0 Å². The molecule has 1 atom stereocenters. The zero-order valence-electron chi connectivity index (χ0n) is 12.0. The molecule has 0 aromatic heterocycles. The number of amides is 1. The second-order valence-corrected chi connectivity index (χ2v) is 7.23. The van der Waals surface area contributed by atoms with Gasteiger partial charge in [0.2, 0.25) is 16.1 Å². The minimum absolute atomic E-state index is 0.141. The summed E-state index contributed by atoms with van der Waals surface area (Å²) in [6.07, 6.45) is -0.304. The highest BCUT2D eigenvalue weighted by molar-refractivity contribution is 7.89. The van der Waals surface area contributed by atoms with E-state index in [1.807, 2.05) is 4.72 Å². The van der Waals surface area contributed by atoms with Crippen LogP contribution in [-0.4, -0.2) is 20.6 Å². The summed E-state index contributed by atoms with van der Waals surface area (Å²) in [6, 6.07) is 13.2. The first-order chi connectivity index (χ1) is 10.8. The molecule has 0 saturated heterocycles. The standard InChI is InChI=1S/C15H13Cl2NO4S/c1-23(20,21)18-15(19)14(10-6-3-2-4-7-10)22-12-9-5-8-11(16)13(12)17/h2-9,14H,1H3,(H,18,19). The van der Waals surface area contributed by atoms with Crippen LogP contribution in [-0.2, 0) is 14.8 Å². The molecule has 2 aromatic carbocycles. The molecule has 0 fully saturated rings. The lowest BCUT2D eigenvalue weighted by molar-refractivity contribution is -0.126. The number of hydrogen-bond donors (Lipinski definition) is 1. The number of halogens is 2. The van der Waals surface area contributed by atoms with Crippen LogP contribution in [0, 0.1) is 0 Å². The molecule has 5 nitrogen and oxygen atoms in total. The number of nitrogens with one attached hydrogen (secondary N) is 1. The molecule has 0 aliphatic carbocycles. The molecule has 0 radical (unpaired) electrons. The van der Waals surface area contributed by atoms with E-state index in [1.165, 1.54) is 6.07 Å². The molecule has 0 heterocycles. The minimum Gasteiger partial charge on any atom is -0.474 e. The van der Waals surface area contributed by atoms with E-state index in [0.717, 1.165) is 6.26 Å². The van der Waals surface area contributed by atoms with Crippen molar-refractivity contribution in [3.05, 3.63) is 64.1 Å². The van der Waals surface area contributed by atoms with Gasteiger partial charge in [-0.1, -0.05) is 59.6 Å². The van der Waals surface area contributed by atoms with E-state index in [1.54, 1.807) is 42.5 Å². The van der Waals surface area contributed by atoms with E-state index in [9.17, 15) is 13.2 Å². The third kappa shape index (κ3) is 4.86. The normalized spacial score (nSPS) is 12.5. The van der Waals surface area contributed by atoms with Crippen molar-refractivity contribution < 1.29 is 17.9 Å². The van der Waals surface area contributed by atoms with E-state index in [4.69, 9.17) is 27.9 Å². The zero-order valence-corrected chi connectivity index (χ0v) is 14.3. The number of carbonyl (C=O) groups excluding carboxylic acids is 1. The number of hydrogen-bond acceptors (Lipinski definition) is 4. The number of sulfonamides is 1. The summed E-state index contributed by atoms with van der Waals surface area (Å²) in [5.74, 6) is -0.647. The van der Waals surface area contributed by atoms with Gasteiger partial charge in [0, 0.05) is 5.56 Å². The van der Waals surface area contributed by atoms with Crippen molar-refractivity contribution in [1.82, 2.24) is 4.72 Å². The molecule has 2 rings (SSSR count). The number of rotatable bonds is 5. The van der Waals surface area contributed by atoms with E-state index in [0.29, 0.717) is 5.56 Å². The average molecular weight is 374 g/mol. The molecule has 0 saturated carbocycles. The minimum atomic E-state index is -3.73. The van der Waals surface area contributed by atoms with Gasteiger partial charge in [0.25, 0.3) is 5.91 Å². The van der Waals surface area contributed by atoms with Crippen molar-refractivity contribution in [2.24, 2.45) is 0 Å². The molecule has 8 heteroatoms. The topological polar surface area (TPSA) is 72.5 Å². The van der Waals surface area contributed by atoms with E-state index in [-0.39, 0.29) is 15.8 Å². The summed E-state index contributed by atoms with van der Waals surface area (Å²) in [5.41, 5.74) is 0.477. The lowest BCUT2D eigenvalue weighted by Crippen LogP contribution is -2.36. The number of ether oxygens (including phenoxy) is 1. The quantitative estimate of drug-likeness (QED) is 0.873. The van der Waals surface area contributed by atoms with Crippen LogP contribution >= 0.6 is 23.2 Å². The van der Waals surface area contributed by atoms with Crippen LogP contribution < -0.4 is 9.46 Å². The third-order valence-electron chi connectivity index (χ3n) is 2.79. The Kier molecular flexibility index (Phi) is 5.51. The molecule has 0 bridgehead atoms. The van der Waals surface area contributed by atoms with Gasteiger partial charge in [0.05, 0.1) is 11.3 Å². The summed E-state index contributed by atoms with van der Waals surface area (Å²) in [6.45, 7) is 0. The van der Waals surface area contributed by atoms with E-state index >= 15 is 0 Å². The highest BCUT2D eigenvalue weighted by Crippen LogP contribution is 2.34.